The maximum absolute atomic E-state index is 12.3. The van der Waals surface area contributed by atoms with Crippen molar-refractivity contribution < 1.29 is 4.79 Å². The number of ketones is 1. The Morgan fingerprint density at radius 1 is 1.24 bits per heavy atom. The van der Waals surface area contributed by atoms with Gasteiger partial charge in [0.05, 0.1) is 0 Å². The molecule has 0 aliphatic heterocycles. The molecule has 1 aromatic rings. The minimum Gasteiger partial charge on any atom is -0.295 e. The Balaban J connectivity index is 2.86. The smallest absolute Gasteiger partial charge is 0.158 e. The van der Waals surface area contributed by atoms with Crippen molar-refractivity contribution in [3.8, 4) is 0 Å². The molecule has 1 rings (SSSR count). The molecule has 0 saturated carbocycles. The zero-order chi connectivity index (χ0) is 15.8. The lowest BCUT2D eigenvalue weighted by molar-refractivity contribution is -0.118. The number of allylic oxidation sites excluding steroid dienone is 2. The first-order valence-corrected chi connectivity index (χ1v) is 8.22. The van der Waals surface area contributed by atoms with E-state index in [9.17, 15) is 4.79 Å². The second-order valence-electron chi connectivity index (χ2n) is 6.51. The maximum Gasteiger partial charge on any atom is 0.158 e. The molecule has 21 heavy (non-hydrogen) atoms. The van der Waals surface area contributed by atoms with Gasteiger partial charge in [-0.05, 0) is 43.7 Å². The summed E-state index contributed by atoms with van der Waals surface area (Å²) < 4.78 is 0. The topological polar surface area (TPSA) is 17.1 Å². The van der Waals surface area contributed by atoms with Gasteiger partial charge in [0.25, 0.3) is 0 Å². The van der Waals surface area contributed by atoms with E-state index in [0.29, 0.717) is 5.92 Å². The zero-order valence-corrected chi connectivity index (χ0v) is 14.3. The fourth-order valence-corrected chi connectivity index (χ4v) is 2.36. The van der Waals surface area contributed by atoms with Crippen molar-refractivity contribution >= 4 is 5.78 Å². The molecule has 1 nitrogen and oxygen atoms in total. The van der Waals surface area contributed by atoms with Crippen LogP contribution in [0, 0.1) is 18.8 Å². The van der Waals surface area contributed by atoms with E-state index in [1.165, 1.54) is 23.1 Å². The summed E-state index contributed by atoms with van der Waals surface area (Å²) in [6, 6.07) is 8.59. The van der Waals surface area contributed by atoms with E-state index >= 15 is 0 Å². The number of carbonyl (C=O) groups excluding carboxylic acids is 1. The zero-order valence-electron chi connectivity index (χ0n) is 14.3. The van der Waals surface area contributed by atoms with Gasteiger partial charge in [-0.15, -0.1) is 0 Å². The highest BCUT2D eigenvalue weighted by Crippen LogP contribution is 2.19. The Bertz CT molecular complexity index is 482. The second-order valence-corrected chi connectivity index (χ2v) is 6.51. The molecule has 0 fully saturated rings. The van der Waals surface area contributed by atoms with Crippen molar-refractivity contribution in [3.63, 3.8) is 0 Å². The molecule has 0 amide bonds. The second kappa shape index (κ2) is 8.81. The first kappa shape index (κ1) is 17.7. The molecule has 0 spiro atoms. The van der Waals surface area contributed by atoms with Crippen LogP contribution in [0.15, 0.2) is 35.9 Å². The van der Waals surface area contributed by atoms with Crippen LogP contribution >= 0.6 is 0 Å². The predicted molar refractivity (Wildman–Crippen MR) is 91.5 cm³/mol. The lowest BCUT2D eigenvalue weighted by atomic mass is 9.90. The van der Waals surface area contributed by atoms with Crippen LogP contribution in [0.4, 0.5) is 0 Å². The normalized spacial score (nSPS) is 13.5. The molecule has 0 N–H and O–H groups in total. The van der Waals surface area contributed by atoms with Crippen LogP contribution in [0.3, 0.4) is 0 Å². The van der Waals surface area contributed by atoms with Gasteiger partial charge in [-0.2, -0.15) is 0 Å². The standard InChI is InChI=1S/C20H30O/c1-6-7-10-19(14-20(21)17(5)15(2)3)13-18-11-8-9-16(4)12-18/h8-9,11-12,14-15,17H,6-7,10,13H2,1-5H3/b19-14+. The van der Waals surface area contributed by atoms with Crippen LogP contribution in [0.1, 0.15) is 58.1 Å². The highest BCUT2D eigenvalue weighted by Gasteiger charge is 2.15. The van der Waals surface area contributed by atoms with Gasteiger partial charge < -0.3 is 0 Å². The molecular weight excluding hydrogens is 256 g/mol. The number of rotatable bonds is 8. The Morgan fingerprint density at radius 2 is 1.95 bits per heavy atom. The molecule has 116 valence electrons. The summed E-state index contributed by atoms with van der Waals surface area (Å²) >= 11 is 0. The van der Waals surface area contributed by atoms with Gasteiger partial charge in [0.1, 0.15) is 0 Å². The van der Waals surface area contributed by atoms with Crippen molar-refractivity contribution in [1.29, 1.82) is 0 Å². The minimum atomic E-state index is 0.110. The molecule has 1 aromatic carbocycles. The van der Waals surface area contributed by atoms with Crippen molar-refractivity contribution in [3.05, 3.63) is 47.0 Å². The van der Waals surface area contributed by atoms with Crippen molar-refractivity contribution in [2.45, 2.75) is 60.3 Å². The molecular formula is C20H30O. The summed E-state index contributed by atoms with van der Waals surface area (Å²) in [4.78, 5) is 12.3. The quantitative estimate of drug-likeness (QED) is 0.575. The number of unbranched alkanes of at least 4 members (excludes halogenated alkanes) is 1. The van der Waals surface area contributed by atoms with Crippen LogP contribution in [0.5, 0.6) is 0 Å². The molecule has 1 atom stereocenters. The molecule has 0 heterocycles. The summed E-state index contributed by atoms with van der Waals surface area (Å²) in [5.41, 5.74) is 3.87. The third kappa shape index (κ3) is 6.29. The van der Waals surface area contributed by atoms with Crippen LogP contribution in [0.25, 0.3) is 0 Å². The summed E-state index contributed by atoms with van der Waals surface area (Å²) in [7, 11) is 0. The van der Waals surface area contributed by atoms with Gasteiger partial charge >= 0.3 is 0 Å². The summed E-state index contributed by atoms with van der Waals surface area (Å²) in [5, 5.41) is 0. The Morgan fingerprint density at radius 3 is 2.52 bits per heavy atom. The largest absolute Gasteiger partial charge is 0.295 e. The molecule has 0 aliphatic carbocycles. The van der Waals surface area contributed by atoms with E-state index in [0.717, 1.165) is 19.3 Å². The highest BCUT2D eigenvalue weighted by atomic mass is 16.1. The van der Waals surface area contributed by atoms with E-state index in [1.807, 2.05) is 13.0 Å². The molecule has 0 bridgehead atoms. The van der Waals surface area contributed by atoms with Gasteiger partial charge in [-0.1, -0.05) is 69.5 Å². The Hall–Kier alpha value is -1.37. The number of hydrogen-bond donors (Lipinski definition) is 0. The number of benzene rings is 1. The SMILES string of the molecule is CCCC/C(=C\C(=O)C(C)C(C)C)Cc1cccc(C)c1. The first-order chi connectivity index (χ1) is 9.93. The predicted octanol–water partition coefficient (Wildman–Crippen LogP) is 5.52. The summed E-state index contributed by atoms with van der Waals surface area (Å²) in [6.07, 6.45) is 6.17. The maximum atomic E-state index is 12.3. The van der Waals surface area contributed by atoms with Gasteiger partial charge in [0.2, 0.25) is 0 Å². The molecule has 0 aliphatic rings. The van der Waals surface area contributed by atoms with Crippen molar-refractivity contribution in [2.75, 3.05) is 0 Å². The summed E-state index contributed by atoms with van der Waals surface area (Å²) in [6.45, 7) is 10.6. The third-order valence-corrected chi connectivity index (χ3v) is 4.16. The van der Waals surface area contributed by atoms with Gasteiger partial charge in [-0.3, -0.25) is 4.79 Å². The average molecular weight is 286 g/mol. The fraction of sp³-hybridized carbons (Fsp3) is 0.550. The Labute approximate surface area is 130 Å². The van der Waals surface area contributed by atoms with E-state index in [1.54, 1.807) is 0 Å². The van der Waals surface area contributed by atoms with Crippen molar-refractivity contribution in [2.24, 2.45) is 11.8 Å². The minimum absolute atomic E-state index is 0.110. The van der Waals surface area contributed by atoms with E-state index in [-0.39, 0.29) is 11.7 Å². The summed E-state index contributed by atoms with van der Waals surface area (Å²) in [5.74, 6) is 0.794. The first-order valence-electron chi connectivity index (χ1n) is 8.22. The number of hydrogen-bond acceptors (Lipinski definition) is 1. The number of carbonyl (C=O) groups is 1. The molecule has 0 saturated heterocycles. The van der Waals surface area contributed by atoms with Crippen LogP contribution < -0.4 is 0 Å². The van der Waals surface area contributed by atoms with Gasteiger partial charge in [0.15, 0.2) is 5.78 Å². The van der Waals surface area contributed by atoms with Crippen molar-refractivity contribution in [1.82, 2.24) is 0 Å². The highest BCUT2D eigenvalue weighted by molar-refractivity contribution is 5.92. The molecule has 1 heteroatoms. The van der Waals surface area contributed by atoms with E-state index in [4.69, 9.17) is 0 Å². The van der Waals surface area contributed by atoms with Gasteiger partial charge in [-0.25, -0.2) is 0 Å². The fourth-order valence-electron chi connectivity index (χ4n) is 2.36. The molecule has 0 aromatic heterocycles. The Kier molecular flexibility index (Phi) is 7.42. The number of aryl methyl sites for hydroxylation is 1. The molecule has 0 radical (unpaired) electrons. The van der Waals surface area contributed by atoms with E-state index in [2.05, 4.69) is 52.0 Å². The lowest BCUT2D eigenvalue weighted by Crippen LogP contribution is -2.15. The average Bonchev–Trinajstić information content (AvgIpc) is 2.43. The third-order valence-electron chi connectivity index (χ3n) is 4.16. The molecule has 1 unspecified atom stereocenters. The van der Waals surface area contributed by atoms with Gasteiger partial charge in [0, 0.05) is 5.92 Å². The van der Waals surface area contributed by atoms with Crippen LogP contribution in [0.2, 0.25) is 0 Å². The van der Waals surface area contributed by atoms with Crippen LogP contribution in [-0.2, 0) is 11.2 Å². The monoisotopic (exact) mass is 286 g/mol. The lowest BCUT2D eigenvalue weighted by Gasteiger charge is -2.14. The van der Waals surface area contributed by atoms with Crippen LogP contribution in [-0.4, -0.2) is 5.78 Å². The van der Waals surface area contributed by atoms with E-state index < -0.39 is 0 Å².